The Kier molecular flexibility index (Phi) is 5.43. The van der Waals surface area contributed by atoms with Crippen molar-refractivity contribution >= 4 is 57.3 Å². The van der Waals surface area contributed by atoms with Gasteiger partial charge in [-0.05, 0) is 69.4 Å². The zero-order chi connectivity index (χ0) is 17.1. The Hall–Kier alpha value is -1.56. The van der Waals surface area contributed by atoms with Crippen molar-refractivity contribution in [1.82, 2.24) is 5.43 Å². The van der Waals surface area contributed by atoms with E-state index in [9.17, 15) is 9.90 Å². The molecule has 1 heterocycles. The van der Waals surface area contributed by atoms with Gasteiger partial charge in [0.05, 0.1) is 9.78 Å². The Morgan fingerprint density at radius 2 is 2.04 bits per heavy atom. The second-order valence-electron chi connectivity index (χ2n) is 4.92. The van der Waals surface area contributed by atoms with Crippen molar-refractivity contribution in [3.63, 3.8) is 0 Å². The molecule has 2 aromatic carbocycles. The van der Waals surface area contributed by atoms with Crippen LogP contribution in [0.4, 0.5) is 0 Å². The van der Waals surface area contributed by atoms with Crippen molar-refractivity contribution < 1.29 is 19.4 Å². The summed E-state index contributed by atoms with van der Waals surface area (Å²) in [6, 6.07) is 10.8. The highest BCUT2D eigenvalue weighted by Crippen LogP contribution is 2.30. The molecule has 0 saturated heterocycles. The molecular weight excluding hydrogens is 538 g/mol. The highest BCUT2D eigenvalue weighted by atomic mass is 127. The lowest BCUT2D eigenvalue weighted by atomic mass is 10.2. The molecule has 1 aliphatic rings. The maximum absolute atomic E-state index is 12.1. The van der Waals surface area contributed by atoms with Gasteiger partial charge in [0.1, 0.15) is 12.4 Å². The van der Waals surface area contributed by atoms with Crippen molar-refractivity contribution in [3.8, 4) is 17.2 Å². The van der Waals surface area contributed by atoms with E-state index < -0.39 is 12.0 Å². The molecule has 3 rings (SSSR count). The molecule has 1 amide bonds. The van der Waals surface area contributed by atoms with Crippen LogP contribution in [-0.4, -0.2) is 29.9 Å². The van der Waals surface area contributed by atoms with Crippen LogP contribution in [0.5, 0.6) is 17.2 Å². The lowest BCUT2D eigenvalue weighted by Crippen LogP contribution is -2.42. The number of hydrogen-bond acceptors (Lipinski definition) is 5. The van der Waals surface area contributed by atoms with Crippen LogP contribution in [0.15, 0.2) is 41.5 Å². The van der Waals surface area contributed by atoms with Crippen LogP contribution < -0.4 is 14.9 Å². The quantitative estimate of drug-likeness (QED) is 0.350. The van der Waals surface area contributed by atoms with Crippen LogP contribution >= 0.6 is 45.2 Å². The van der Waals surface area contributed by atoms with E-state index in [2.05, 4.69) is 33.1 Å². The summed E-state index contributed by atoms with van der Waals surface area (Å²) in [4.78, 5) is 12.1. The molecule has 8 heteroatoms. The third-order valence-corrected chi connectivity index (χ3v) is 4.68. The van der Waals surface area contributed by atoms with Crippen LogP contribution in [0.1, 0.15) is 5.56 Å². The van der Waals surface area contributed by atoms with Gasteiger partial charge in [-0.2, -0.15) is 5.10 Å². The average Bonchev–Trinajstić information content (AvgIpc) is 2.58. The minimum absolute atomic E-state index is 0.116. The second-order valence-corrected chi connectivity index (χ2v) is 7.33. The van der Waals surface area contributed by atoms with E-state index in [1.54, 1.807) is 18.2 Å². The topological polar surface area (TPSA) is 80.2 Å². The lowest BCUT2D eigenvalue weighted by molar-refractivity contribution is -0.130. The average molecular weight is 550 g/mol. The number of carbonyl (C=O) groups excluding carboxylic acids is 1. The van der Waals surface area contributed by atoms with Gasteiger partial charge in [0.2, 0.25) is 6.10 Å². The summed E-state index contributed by atoms with van der Waals surface area (Å²) in [5.74, 6) is 0.849. The maximum atomic E-state index is 12.1. The summed E-state index contributed by atoms with van der Waals surface area (Å²) < 4.78 is 12.8. The Bertz CT molecular complexity index is 811. The molecule has 1 aliphatic heterocycles. The van der Waals surface area contributed by atoms with Crippen LogP contribution in [0.3, 0.4) is 0 Å². The zero-order valence-corrected chi connectivity index (χ0v) is 16.5. The Morgan fingerprint density at radius 3 is 2.83 bits per heavy atom. The molecule has 0 unspecified atom stereocenters. The van der Waals surface area contributed by atoms with E-state index >= 15 is 0 Å². The van der Waals surface area contributed by atoms with Crippen molar-refractivity contribution in [3.05, 3.63) is 49.1 Å². The molecule has 1 atom stereocenters. The number of fused-ring (bicyclic) bond motifs is 1. The molecule has 2 N–H and O–H groups in total. The number of para-hydroxylation sites is 2. The molecule has 0 aromatic heterocycles. The molecule has 0 bridgehead atoms. The molecule has 2 aromatic rings. The van der Waals surface area contributed by atoms with Gasteiger partial charge in [-0.25, -0.2) is 5.43 Å². The molecule has 0 radical (unpaired) electrons. The van der Waals surface area contributed by atoms with E-state index in [4.69, 9.17) is 9.47 Å². The summed E-state index contributed by atoms with van der Waals surface area (Å²) in [7, 11) is 0. The first kappa shape index (κ1) is 17.3. The number of phenols is 1. The summed E-state index contributed by atoms with van der Waals surface area (Å²) in [5, 5.41) is 13.9. The number of rotatable bonds is 3. The molecule has 124 valence electrons. The SMILES string of the molecule is O=C(N/N=C/c1cc(I)cc(I)c1O)[C@H]1COc2ccccc2O1. The fraction of sp³-hybridized carbons (Fsp3) is 0.125. The number of hydrogen-bond donors (Lipinski definition) is 2. The molecule has 0 aliphatic carbocycles. The highest BCUT2D eigenvalue weighted by molar-refractivity contribution is 14.1. The fourth-order valence-electron chi connectivity index (χ4n) is 2.07. The van der Waals surface area contributed by atoms with Gasteiger partial charge in [-0.3, -0.25) is 4.79 Å². The summed E-state index contributed by atoms with van der Waals surface area (Å²) in [5.41, 5.74) is 2.93. The van der Waals surface area contributed by atoms with Gasteiger partial charge in [-0.15, -0.1) is 0 Å². The number of nitrogens with one attached hydrogen (secondary N) is 1. The summed E-state index contributed by atoms with van der Waals surface area (Å²) >= 11 is 4.18. The fourth-order valence-corrected chi connectivity index (χ4v) is 3.96. The minimum Gasteiger partial charge on any atom is -0.506 e. The largest absolute Gasteiger partial charge is 0.506 e. The van der Waals surface area contributed by atoms with E-state index in [1.807, 2.05) is 40.8 Å². The van der Waals surface area contributed by atoms with Gasteiger partial charge in [0.25, 0.3) is 5.91 Å². The number of ether oxygens (including phenoxy) is 2. The van der Waals surface area contributed by atoms with Crippen molar-refractivity contribution in [2.45, 2.75) is 6.10 Å². The van der Waals surface area contributed by atoms with E-state index in [1.165, 1.54) is 6.21 Å². The molecule has 6 nitrogen and oxygen atoms in total. The van der Waals surface area contributed by atoms with Crippen LogP contribution in [-0.2, 0) is 4.79 Å². The number of hydrazone groups is 1. The number of benzene rings is 2. The number of nitrogens with zero attached hydrogens (tertiary/aromatic N) is 1. The predicted octanol–water partition coefficient (Wildman–Crippen LogP) is 2.89. The number of halogens is 2. The van der Waals surface area contributed by atoms with Gasteiger partial charge in [0, 0.05) is 9.13 Å². The zero-order valence-electron chi connectivity index (χ0n) is 12.2. The summed E-state index contributed by atoms with van der Waals surface area (Å²) in [6.07, 6.45) is 0.622. The normalized spacial score (nSPS) is 16.2. The van der Waals surface area contributed by atoms with Crippen molar-refractivity contribution in [2.75, 3.05) is 6.61 Å². The Morgan fingerprint density at radius 1 is 1.29 bits per heavy atom. The van der Waals surface area contributed by atoms with Crippen LogP contribution in [0, 0.1) is 7.14 Å². The van der Waals surface area contributed by atoms with Crippen molar-refractivity contribution in [1.29, 1.82) is 0 Å². The third kappa shape index (κ3) is 3.91. The number of carbonyl (C=O) groups is 1. The molecule has 24 heavy (non-hydrogen) atoms. The maximum Gasteiger partial charge on any atom is 0.284 e. The minimum atomic E-state index is -0.776. The molecular formula is C16H12I2N2O4. The number of amides is 1. The van der Waals surface area contributed by atoms with Gasteiger partial charge >= 0.3 is 0 Å². The van der Waals surface area contributed by atoms with Gasteiger partial charge in [-0.1, -0.05) is 12.1 Å². The van der Waals surface area contributed by atoms with E-state index in [0.717, 1.165) is 3.57 Å². The smallest absolute Gasteiger partial charge is 0.284 e. The lowest BCUT2D eigenvalue weighted by Gasteiger charge is -2.24. The van der Waals surface area contributed by atoms with Gasteiger partial charge < -0.3 is 14.6 Å². The van der Waals surface area contributed by atoms with Crippen LogP contribution in [0.25, 0.3) is 0 Å². The number of aromatic hydroxyl groups is 1. The predicted molar refractivity (Wildman–Crippen MR) is 106 cm³/mol. The first-order valence-corrected chi connectivity index (χ1v) is 9.10. The molecule has 0 spiro atoms. The highest BCUT2D eigenvalue weighted by Gasteiger charge is 2.27. The van der Waals surface area contributed by atoms with Gasteiger partial charge in [0.15, 0.2) is 11.5 Å². The van der Waals surface area contributed by atoms with Crippen molar-refractivity contribution in [2.24, 2.45) is 5.10 Å². The first-order chi connectivity index (χ1) is 11.5. The molecule has 0 fully saturated rings. The number of phenolic OH excluding ortho intramolecular Hbond substituents is 1. The standard InChI is InChI=1S/C16H12I2N2O4/c17-10-5-9(15(21)11(18)6-10)7-19-20-16(22)14-8-23-12-3-1-2-4-13(12)24-14/h1-7,14,21H,8H2,(H,20,22)/b19-7+/t14-/m1/s1. The molecule has 0 saturated carbocycles. The summed E-state index contributed by atoms with van der Waals surface area (Å²) in [6.45, 7) is 0.116. The van der Waals surface area contributed by atoms with Crippen LogP contribution in [0.2, 0.25) is 0 Å². The Labute approximate surface area is 165 Å². The van der Waals surface area contributed by atoms with E-state index in [0.29, 0.717) is 20.6 Å². The first-order valence-electron chi connectivity index (χ1n) is 6.94. The Balaban J connectivity index is 1.64. The third-order valence-electron chi connectivity index (χ3n) is 3.24. The van der Waals surface area contributed by atoms with E-state index in [-0.39, 0.29) is 12.4 Å². The monoisotopic (exact) mass is 550 g/mol. The second kappa shape index (κ2) is 7.55.